The molecule has 1 aromatic rings. The van der Waals surface area contributed by atoms with Crippen LogP contribution in [0.25, 0.3) is 0 Å². The Labute approximate surface area is 130 Å². The first-order valence-corrected chi connectivity index (χ1v) is 7.44. The third-order valence-electron chi connectivity index (χ3n) is 3.52. The first-order valence-electron chi connectivity index (χ1n) is 7.06. The Morgan fingerprint density at radius 2 is 2.14 bits per heavy atom. The molecule has 2 rings (SSSR count). The monoisotopic (exact) mass is 311 g/mol. The van der Waals surface area contributed by atoms with Gasteiger partial charge in [-0.25, -0.2) is 0 Å². The van der Waals surface area contributed by atoms with Crippen LogP contribution in [0, 0.1) is 0 Å². The van der Waals surface area contributed by atoms with Crippen molar-refractivity contribution >= 4 is 17.6 Å². The lowest BCUT2D eigenvalue weighted by molar-refractivity contribution is 0.354. The zero-order chi connectivity index (χ0) is 15.2. The first-order chi connectivity index (χ1) is 10.2. The standard InChI is InChI=1S/C15H22ClN3O2/c1-19-10-4-8-17-15(19)18-9-7-11-5-6-12(20-2)14(21-3)13(11)16/h5-6H,4,7-10H2,1-3H3,(H,17,18). The quantitative estimate of drug-likeness (QED) is 0.905. The van der Waals surface area contributed by atoms with E-state index in [0.717, 1.165) is 44.0 Å². The lowest BCUT2D eigenvalue weighted by Gasteiger charge is -2.25. The fraction of sp³-hybridized carbons (Fsp3) is 0.533. The number of rotatable bonds is 5. The minimum absolute atomic E-state index is 0.587. The third-order valence-corrected chi connectivity index (χ3v) is 3.93. The van der Waals surface area contributed by atoms with E-state index in [1.54, 1.807) is 14.2 Å². The molecule has 1 aliphatic heterocycles. The van der Waals surface area contributed by atoms with Crippen molar-refractivity contribution in [1.29, 1.82) is 0 Å². The zero-order valence-electron chi connectivity index (χ0n) is 12.8. The summed E-state index contributed by atoms with van der Waals surface area (Å²) in [6.07, 6.45) is 1.91. The van der Waals surface area contributed by atoms with Gasteiger partial charge in [-0.3, -0.25) is 4.99 Å². The molecule has 0 atom stereocenters. The zero-order valence-corrected chi connectivity index (χ0v) is 13.5. The van der Waals surface area contributed by atoms with Crippen molar-refractivity contribution in [1.82, 2.24) is 10.2 Å². The van der Waals surface area contributed by atoms with Crippen LogP contribution in [-0.2, 0) is 6.42 Å². The highest BCUT2D eigenvalue weighted by atomic mass is 35.5. The summed E-state index contributed by atoms with van der Waals surface area (Å²) in [5.74, 6) is 2.19. The largest absolute Gasteiger partial charge is 0.493 e. The summed E-state index contributed by atoms with van der Waals surface area (Å²) in [4.78, 5) is 6.62. The lowest BCUT2D eigenvalue weighted by Crippen LogP contribution is -2.42. The van der Waals surface area contributed by atoms with E-state index < -0.39 is 0 Å². The average Bonchev–Trinajstić information content (AvgIpc) is 2.50. The molecule has 0 radical (unpaired) electrons. The maximum atomic E-state index is 6.37. The molecule has 0 spiro atoms. The van der Waals surface area contributed by atoms with Gasteiger partial charge in [0.15, 0.2) is 17.5 Å². The number of halogens is 1. The molecule has 21 heavy (non-hydrogen) atoms. The fourth-order valence-electron chi connectivity index (χ4n) is 2.34. The van der Waals surface area contributed by atoms with Gasteiger partial charge in [0.2, 0.25) is 0 Å². The molecule has 6 heteroatoms. The number of nitrogens with one attached hydrogen (secondary N) is 1. The van der Waals surface area contributed by atoms with E-state index >= 15 is 0 Å². The molecule has 0 aliphatic carbocycles. The summed E-state index contributed by atoms with van der Waals surface area (Å²) < 4.78 is 10.5. The minimum atomic E-state index is 0.587. The van der Waals surface area contributed by atoms with Crippen LogP contribution >= 0.6 is 11.6 Å². The van der Waals surface area contributed by atoms with Crippen LogP contribution in [0.15, 0.2) is 17.1 Å². The van der Waals surface area contributed by atoms with Crippen LogP contribution in [0.1, 0.15) is 12.0 Å². The molecule has 0 saturated heterocycles. The topological polar surface area (TPSA) is 46.1 Å². The molecule has 5 nitrogen and oxygen atoms in total. The SMILES string of the molecule is COc1ccc(CCNC2=NCCCN2C)c(Cl)c1OC. The van der Waals surface area contributed by atoms with E-state index in [9.17, 15) is 0 Å². The Morgan fingerprint density at radius 1 is 1.33 bits per heavy atom. The van der Waals surface area contributed by atoms with Crippen molar-refractivity contribution in [2.24, 2.45) is 4.99 Å². The van der Waals surface area contributed by atoms with Crippen molar-refractivity contribution in [2.45, 2.75) is 12.8 Å². The number of hydrogen-bond donors (Lipinski definition) is 1. The van der Waals surface area contributed by atoms with E-state index in [1.165, 1.54) is 0 Å². The number of guanidine groups is 1. The summed E-state index contributed by atoms with van der Waals surface area (Å²) in [5.41, 5.74) is 1.03. The Kier molecular flexibility index (Phi) is 5.56. The molecule has 0 bridgehead atoms. The molecule has 0 saturated carbocycles. The van der Waals surface area contributed by atoms with Gasteiger partial charge in [-0.1, -0.05) is 17.7 Å². The highest BCUT2D eigenvalue weighted by Crippen LogP contribution is 2.37. The summed E-state index contributed by atoms with van der Waals surface area (Å²) in [7, 11) is 5.25. The molecule has 0 amide bonds. The average molecular weight is 312 g/mol. The second kappa shape index (κ2) is 7.41. The minimum Gasteiger partial charge on any atom is -0.493 e. The Hall–Kier alpha value is -1.62. The van der Waals surface area contributed by atoms with Crippen molar-refractivity contribution in [2.75, 3.05) is 40.9 Å². The molecule has 0 fully saturated rings. The van der Waals surface area contributed by atoms with Crippen LogP contribution in [0.4, 0.5) is 0 Å². The number of benzene rings is 1. The second-order valence-corrected chi connectivity index (χ2v) is 5.31. The maximum Gasteiger partial charge on any atom is 0.193 e. The molecule has 1 N–H and O–H groups in total. The molecular formula is C15H22ClN3O2. The number of nitrogens with zero attached hydrogens (tertiary/aromatic N) is 2. The Morgan fingerprint density at radius 3 is 2.81 bits per heavy atom. The number of aliphatic imine (C=N–C) groups is 1. The third kappa shape index (κ3) is 3.73. The van der Waals surface area contributed by atoms with E-state index in [2.05, 4.69) is 15.2 Å². The molecule has 1 heterocycles. The van der Waals surface area contributed by atoms with Crippen molar-refractivity contribution in [3.8, 4) is 11.5 Å². The fourth-order valence-corrected chi connectivity index (χ4v) is 2.67. The Balaban J connectivity index is 1.99. The van der Waals surface area contributed by atoms with Crippen LogP contribution in [0.5, 0.6) is 11.5 Å². The number of methoxy groups -OCH3 is 2. The number of hydrogen-bond acceptors (Lipinski definition) is 5. The maximum absolute atomic E-state index is 6.37. The molecule has 116 valence electrons. The van der Waals surface area contributed by atoms with Gasteiger partial charge in [0.25, 0.3) is 0 Å². The molecular weight excluding hydrogens is 290 g/mol. The van der Waals surface area contributed by atoms with Gasteiger partial charge in [-0.15, -0.1) is 0 Å². The van der Waals surface area contributed by atoms with Crippen LogP contribution in [0.3, 0.4) is 0 Å². The van der Waals surface area contributed by atoms with Gasteiger partial charge in [-0.05, 0) is 24.5 Å². The van der Waals surface area contributed by atoms with Crippen molar-refractivity contribution in [3.63, 3.8) is 0 Å². The number of ether oxygens (including phenoxy) is 2. The van der Waals surface area contributed by atoms with Crippen molar-refractivity contribution < 1.29 is 9.47 Å². The van der Waals surface area contributed by atoms with Gasteiger partial charge >= 0.3 is 0 Å². The summed E-state index contributed by atoms with van der Waals surface area (Å²) in [6.45, 7) is 2.71. The van der Waals surface area contributed by atoms with E-state index in [0.29, 0.717) is 16.5 Å². The van der Waals surface area contributed by atoms with Gasteiger partial charge in [0.05, 0.1) is 19.2 Å². The van der Waals surface area contributed by atoms with Gasteiger partial charge < -0.3 is 19.7 Å². The normalized spacial score (nSPS) is 14.7. The van der Waals surface area contributed by atoms with Crippen molar-refractivity contribution in [3.05, 3.63) is 22.7 Å². The first kappa shape index (κ1) is 15.8. The highest BCUT2D eigenvalue weighted by molar-refractivity contribution is 6.33. The molecule has 0 unspecified atom stereocenters. The summed E-state index contributed by atoms with van der Waals surface area (Å²) in [6, 6.07) is 3.85. The second-order valence-electron chi connectivity index (χ2n) is 4.93. The molecule has 1 aromatic carbocycles. The summed E-state index contributed by atoms with van der Waals surface area (Å²) in [5, 5.41) is 3.97. The van der Waals surface area contributed by atoms with Gasteiger partial charge in [0.1, 0.15) is 0 Å². The predicted octanol–water partition coefficient (Wildman–Crippen LogP) is 2.18. The van der Waals surface area contributed by atoms with E-state index in [1.807, 2.05) is 19.2 Å². The van der Waals surface area contributed by atoms with Gasteiger partial charge in [0, 0.05) is 26.7 Å². The molecule has 0 aromatic heterocycles. The van der Waals surface area contributed by atoms with Gasteiger partial charge in [-0.2, -0.15) is 0 Å². The van der Waals surface area contributed by atoms with Crippen LogP contribution in [-0.4, -0.2) is 51.8 Å². The highest BCUT2D eigenvalue weighted by Gasteiger charge is 2.14. The van der Waals surface area contributed by atoms with Crippen LogP contribution in [0.2, 0.25) is 5.02 Å². The smallest absolute Gasteiger partial charge is 0.193 e. The van der Waals surface area contributed by atoms with Crippen LogP contribution < -0.4 is 14.8 Å². The molecule has 1 aliphatic rings. The predicted molar refractivity (Wildman–Crippen MR) is 85.8 cm³/mol. The summed E-state index contributed by atoms with van der Waals surface area (Å²) >= 11 is 6.37. The van der Waals surface area contributed by atoms with E-state index in [-0.39, 0.29) is 0 Å². The Bertz CT molecular complexity index is 520. The lowest BCUT2D eigenvalue weighted by atomic mass is 10.1. The van der Waals surface area contributed by atoms with E-state index in [4.69, 9.17) is 21.1 Å².